The van der Waals surface area contributed by atoms with Crippen LogP contribution in [0, 0.1) is 0 Å². The summed E-state index contributed by atoms with van der Waals surface area (Å²) in [6, 6.07) is 15.5. The van der Waals surface area contributed by atoms with Crippen LogP contribution in [0.5, 0.6) is 5.75 Å². The summed E-state index contributed by atoms with van der Waals surface area (Å²) in [4.78, 5) is 29.9. The number of morpholine rings is 1. The number of amides is 1. The summed E-state index contributed by atoms with van der Waals surface area (Å²) in [6.07, 6.45) is 0.727. The highest BCUT2D eigenvalue weighted by Crippen LogP contribution is 2.39. The summed E-state index contributed by atoms with van der Waals surface area (Å²) >= 11 is 0. The summed E-state index contributed by atoms with van der Waals surface area (Å²) < 4.78 is 10.6. The molecule has 0 aliphatic carbocycles. The number of hydrogen-bond donors (Lipinski definition) is 1. The zero-order valence-electron chi connectivity index (χ0n) is 18.2. The van der Waals surface area contributed by atoms with Gasteiger partial charge in [0, 0.05) is 31.7 Å². The van der Waals surface area contributed by atoms with Crippen LogP contribution in [0.3, 0.4) is 0 Å². The Morgan fingerprint density at radius 2 is 1.72 bits per heavy atom. The number of carbonyl (C=O) groups excluding carboxylic acids is 2. The Balaban J connectivity index is 1.65. The Kier molecular flexibility index (Phi) is 6.87. The fraction of sp³-hybridized carbons (Fsp3) is 0.360. The molecule has 2 aromatic rings. The molecule has 4 rings (SSSR count). The van der Waals surface area contributed by atoms with Crippen molar-refractivity contribution in [1.29, 1.82) is 0 Å². The van der Waals surface area contributed by atoms with Gasteiger partial charge in [0.15, 0.2) is 0 Å². The van der Waals surface area contributed by atoms with E-state index in [1.165, 1.54) is 0 Å². The first-order chi connectivity index (χ1) is 15.6. The molecule has 7 heteroatoms. The lowest BCUT2D eigenvalue weighted by Crippen LogP contribution is -2.38. The second-order valence-electron chi connectivity index (χ2n) is 7.94. The van der Waals surface area contributed by atoms with Gasteiger partial charge in [0.05, 0.1) is 31.9 Å². The lowest BCUT2D eigenvalue weighted by molar-refractivity contribution is -0.140. The average molecular weight is 437 g/mol. The molecule has 2 saturated heterocycles. The lowest BCUT2D eigenvalue weighted by Gasteiger charge is -2.29. The van der Waals surface area contributed by atoms with Gasteiger partial charge in [-0.25, -0.2) is 0 Å². The van der Waals surface area contributed by atoms with Crippen molar-refractivity contribution in [3.63, 3.8) is 0 Å². The molecule has 2 heterocycles. The van der Waals surface area contributed by atoms with Crippen LogP contribution in [0.1, 0.15) is 23.6 Å². The van der Waals surface area contributed by atoms with E-state index >= 15 is 0 Å². The topological polar surface area (TPSA) is 79.3 Å². The summed E-state index contributed by atoms with van der Waals surface area (Å²) in [5.74, 6) is -0.703. The van der Waals surface area contributed by atoms with Gasteiger partial charge in [-0.3, -0.25) is 14.5 Å². The molecule has 0 unspecified atom stereocenters. The average Bonchev–Trinajstić information content (AvgIpc) is 3.10. The predicted octanol–water partition coefficient (Wildman–Crippen LogP) is 2.84. The first-order valence-corrected chi connectivity index (χ1v) is 10.9. The molecule has 7 nitrogen and oxygen atoms in total. The largest absolute Gasteiger partial charge is 0.507 e. The molecule has 168 valence electrons. The van der Waals surface area contributed by atoms with Crippen LogP contribution in [0.2, 0.25) is 0 Å². The SMILES string of the molecule is COc1ccc([C@@H]2C(=C(O)c3ccccc3)C(=O)C(=O)N2CCCN2CCOCC2)cc1. The fourth-order valence-corrected chi connectivity index (χ4v) is 4.28. The molecule has 1 amide bonds. The molecule has 0 aromatic heterocycles. The number of likely N-dealkylation sites (tertiary alicyclic amines) is 1. The van der Waals surface area contributed by atoms with Crippen LogP contribution in [-0.4, -0.2) is 73.1 Å². The van der Waals surface area contributed by atoms with Gasteiger partial charge in [-0.05, 0) is 24.1 Å². The predicted molar refractivity (Wildman–Crippen MR) is 120 cm³/mol. The minimum Gasteiger partial charge on any atom is -0.507 e. The monoisotopic (exact) mass is 436 g/mol. The minimum absolute atomic E-state index is 0.123. The number of ketones is 1. The van der Waals surface area contributed by atoms with E-state index in [0.29, 0.717) is 31.1 Å². The number of methoxy groups -OCH3 is 1. The van der Waals surface area contributed by atoms with Gasteiger partial charge < -0.3 is 19.5 Å². The quantitative estimate of drug-likeness (QED) is 0.409. The van der Waals surface area contributed by atoms with Gasteiger partial charge in [-0.1, -0.05) is 42.5 Å². The lowest BCUT2D eigenvalue weighted by atomic mass is 9.95. The maximum atomic E-state index is 13.0. The molecule has 0 spiro atoms. The first kappa shape index (κ1) is 22.0. The van der Waals surface area contributed by atoms with Gasteiger partial charge in [0.1, 0.15) is 11.5 Å². The zero-order chi connectivity index (χ0) is 22.5. The maximum absolute atomic E-state index is 13.0. The number of carbonyl (C=O) groups is 2. The highest BCUT2D eigenvalue weighted by atomic mass is 16.5. The Labute approximate surface area is 187 Å². The molecule has 0 radical (unpaired) electrons. The third-order valence-electron chi connectivity index (χ3n) is 6.00. The van der Waals surface area contributed by atoms with Crippen molar-refractivity contribution in [2.24, 2.45) is 0 Å². The van der Waals surface area contributed by atoms with E-state index in [1.54, 1.807) is 48.4 Å². The van der Waals surface area contributed by atoms with Crippen LogP contribution in [0.4, 0.5) is 0 Å². The minimum atomic E-state index is -0.654. The Bertz CT molecular complexity index is 981. The van der Waals surface area contributed by atoms with Crippen molar-refractivity contribution < 1.29 is 24.2 Å². The second-order valence-corrected chi connectivity index (χ2v) is 7.94. The third-order valence-corrected chi connectivity index (χ3v) is 6.00. The van der Waals surface area contributed by atoms with E-state index < -0.39 is 17.7 Å². The van der Waals surface area contributed by atoms with E-state index in [-0.39, 0.29) is 11.3 Å². The normalized spacial score (nSPS) is 21.2. The highest BCUT2D eigenvalue weighted by Gasteiger charge is 2.45. The molecule has 0 saturated carbocycles. The van der Waals surface area contributed by atoms with Crippen molar-refractivity contribution in [3.05, 3.63) is 71.3 Å². The van der Waals surface area contributed by atoms with Crippen LogP contribution in [0.15, 0.2) is 60.2 Å². The summed E-state index contributed by atoms with van der Waals surface area (Å²) in [6.45, 7) is 4.41. The van der Waals surface area contributed by atoms with E-state index in [2.05, 4.69) is 4.90 Å². The summed E-state index contributed by atoms with van der Waals surface area (Å²) in [7, 11) is 1.59. The Morgan fingerprint density at radius 3 is 2.38 bits per heavy atom. The van der Waals surface area contributed by atoms with Crippen LogP contribution in [-0.2, 0) is 14.3 Å². The molecular weight excluding hydrogens is 408 g/mol. The van der Waals surface area contributed by atoms with E-state index in [4.69, 9.17) is 9.47 Å². The van der Waals surface area contributed by atoms with Crippen molar-refractivity contribution in [3.8, 4) is 5.75 Å². The van der Waals surface area contributed by atoms with E-state index in [1.807, 2.05) is 18.2 Å². The number of aliphatic hydroxyl groups is 1. The molecule has 2 aromatic carbocycles. The highest BCUT2D eigenvalue weighted by molar-refractivity contribution is 6.46. The maximum Gasteiger partial charge on any atom is 0.295 e. The van der Waals surface area contributed by atoms with Gasteiger partial charge in [0.25, 0.3) is 11.7 Å². The van der Waals surface area contributed by atoms with Crippen molar-refractivity contribution in [2.75, 3.05) is 46.5 Å². The first-order valence-electron chi connectivity index (χ1n) is 10.9. The number of nitrogens with zero attached hydrogens (tertiary/aromatic N) is 2. The molecule has 2 aliphatic rings. The van der Waals surface area contributed by atoms with Gasteiger partial charge in [0.2, 0.25) is 0 Å². The Morgan fingerprint density at radius 1 is 1.03 bits per heavy atom. The van der Waals surface area contributed by atoms with E-state index in [9.17, 15) is 14.7 Å². The standard InChI is InChI=1S/C25H28N2O5/c1-31-20-10-8-18(9-11-20)22-21(23(28)19-6-3-2-4-7-19)24(29)25(30)27(22)13-5-12-26-14-16-32-17-15-26/h2-4,6-11,22,28H,5,12-17H2,1H3/t22-/m1/s1. The zero-order valence-corrected chi connectivity index (χ0v) is 18.2. The van der Waals surface area contributed by atoms with Gasteiger partial charge in [-0.2, -0.15) is 0 Å². The number of aliphatic hydroxyl groups excluding tert-OH is 1. The van der Waals surface area contributed by atoms with Gasteiger partial charge in [-0.15, -0.1) is 0 Å². The molecule has 2 aliphatic heterocycles. The van der Waals surface area contributed by atoms with E-state index in [0.717, 1.165) is 31.6 Å². The fourth-order valence-electron chi connectivity index (χ4n) is 4.28. The Hall–Kier alpha value is -3.16. The molecule has 1 atom stereocenters. The second kappa shape index (κ2) is 9.97. The van der Waals surface area contributed by atoms with Crippen molar-refractivity contribution in [2.45, 2.75) is 12.5 Å². The summed E-state index contributed by atoms with van der Waals surface area (Å²) in [5, 5.41) is 11.0. The number of benzene rings is 2. The van der Waals surface area contributed by atoms with Crippen LogP contribution >= 0.6 is 0 Å². The smallest absolute Gasteiger partial charge is 0.295 e. The molecule has 1 N–H and O–H groups in total. The van der Waals surface area contributed by atoms with Crippen molar-refractivity contribution in [1.82, 2.24) is 9.80 Å². The summed E-state index contributed by atoms with van der Waals surface area (Å²) in [5.41, 5.74) is 1.39. The molecule has 32 heavy (non-hydrogen) atoms. The number of ether oxygens (including phenoxy) is 2. The van der Waals surface area contributed by atoms with Crippen molar-refractivity contribution >= 4 is 17.4 Å². The van der Waals surface area contributed by atoms with Gasteiger partial charge >= 0.3 is 0 Å². The molecule has 2 fully saturated rings. The van der Waals surface area contributed by atoms with Crippen LogP contribution < -0.4 is 4.74 Å². The number of rotatable bonds is 7. The number of Topliss-reactive ketones (excluding diaryl/α,β-unsaturated/α-hetero) is 1. The third kappa shape index (κ3) is 4.54. The molecule has 0 bridgehead atoms. The molecular formula is C25H28N2O5. The van der Waals surface area contributed by atoms with Crippen LogP contribution in [0.25, 0.3) is 5.76 Å². The number of hydrogen-bond acceptors (Lipinski definition) is 6.